The Kier molecular flexibility index (Phi) is 4.60. The lowest BCUT2D eigenvalue weighted by Gasteiger charge is -2.17. The van der Waals surface area contributed by atoms with Crippen LogP contribution in [0.15, 0.2) is 45.3 Å². The van der Waals surface area contributed by atoms with E-state index in [1.54, 1.807) is 13.2 Å². The topological polar surface area (TPSA) is 35.2 Å². The van der Waals surface area contributed by atoms with E-state index in [1.165, 1.54) is 12.1 Å². The summed E-state index contributed by atoms with van der Waals surface area (Å²) in [6.07, 6.45) is 0. The Hall–Kier alpha value is -0.910. The van der Waals surface area contributed by atoms with Crippen molar-refractivity contribution in [3.05, 3.63) is 62.3 Å². The van der Waals surface area contributed by atoms with E-state index in [4.69, 9.17) is 10.5 Å². The minimum absolute atomic E-state index is 0.333. The van der Waals surface area contributed by atoms with Crippen LogP contribution in [0.4, 0.5) is 4.39 Å². The molecule has 0 aromatic heterocycles. The van der Waals surface area contributed by atoms with Crippen LogP contribution in [0.1, 0.15) is 17.2 Å². The fourth-order valence-corrected chi connectivity index (χ4v) is 3.21. The number of halogens is 3. The van der Waals surface area contributed by atoms with Crippen LogP contribution in [0.2, 0.25) is 0 Å². The van der Waals surface area contributed by atoms with Gasteiger partial charge in [-0.3, -0.25) is 0 Å². The third-order valence-electron chi connectivity index (χ3n) is 2.77. The lowest BCUT2D eigenvalue weighted by molar-refractivity contribution is 0.406. The maximum atomic E-state index is 13.4. The summed E-state index contributed by atoms with van der Waals surface area (Å²) in [5.74, 6) is 0.241. The predicted octanol–water partition coefficient (Wildman–Crippen LogP) is 4.41. The van der Waals surface area contributed by atoms with Crippen molar-refractivity contribution in [1.29, 1.82) is 0 Å². The number of nitrogens with two attached hydrogens (primary N) is 1. The van der Waals surface area contributed by atoms with Crippen molar-refractivity contribution in [3.63, 3.8) is 0 Å². The van der Waals surface area contributed by atoms with Crippen LogP contribution >= 0.6 is 31.9 Å². The smallest absolute Gasteiger partial charge is 0.124 e. The zero-order chi connectivity index (χ0) is 14.0. The standard InChI is InChI=1S/C14H12Br2FNO/c1-19-13-3-2-11(17)7-12(13)14(18)8-4-9(15)6-10(16)5-8/h2-7,14H,18H2,1H3. The molecule has 0 aliphatic rings. The average molecular weight is 389 g/mol. The van der Waals surface area contributed by atoms with Gasteiger partial charge < -0.3 is 10.5 Å². The first-order valence-corrected chi connectivity index (χ1v) is 7.15. The highest BCUT2D eigenvalue weighted by Gasteiger charge is 2.16. The third-order valence-corrected chi connectivity index (χ3v) is 3.69. The van der Waals surface area contributed by atoms with Crippen molar-refractivity contribution < 1.29 is 9.13 Å². The molecule has 2 aromatic rings. The van der Waals surface area contributed by atoms with Gasteiger partial charge in [0.25, 0.3) is 0 Å². The number of rotatable bonds is 3. The highest BCUT2D eigenvalue weighted by atomic mass is 79.9. The molecule has 1 unspecified atom stereocenters. The molecule has 19 heavy (non-hydrogen) atoms. The average Bonchev–Trinajstić information content (AvgIpc) is 2.36. The van der Waals surface area contributed by atoms with Gasteiger partial charge in [0.15, 0.2) is 0 Å². The van der Waals surface area contributed by atoms with Gasteiger partial charge in [0.1, 0.15) is 11.6 Å². The Balaban J connectivity index is 2.48. The van der Waals surface area contributed by atoms with E-state index >= 15 is 0 Å². The largest absolute Gasteiger partial charge is 0.496 e. The van der Waals surface area contributed by atoms with Crippen molar-refractivity contribution >= 4 is 31.9 Å². The van der Waals surface area contributed by atoms with E-state index in [-0.39, 0.29) is 5.82 Å². The fraction of sp³-hybridized carbons (Fsp3) is 0.143. The van der Waals surface area contributed by atoms with E-state index in [2.05, 4.69) is 31.9 Å². The lowest BCUT2D eigenvalue weighted by atomic mass is 9.98. The SMILES string of the molecule is COc1ccc(F)cc1C(N)c1cc(Br)cc(Br)c1. The molecule has 0 heterocycles. The zero-order valence-electron chi connectivity index (χ0n) is 10.2. The fourth-order valence-electron chi connectivity index (χ4n) is 1.88. The minimum atomic E-state index is -0.459. The van der Waals surface area contributed by atoms with Gasteiger partial charge in [-0.2, -0.15) is 0 Å². The monoisotopic (exact) mass is 387 g/mol. The molecule has 0 spiro atoms. The second-order valence-electron chi connectivity index (χ2n) is 4.07. The normalized spacial score (nSPS) is 12.3. The van der Waals surface area contributed by atoms with Gasteiger partial charge in [0, 0.05) is 14.5 Å². The molecule has 1 atom stereocenters. The lowest BCUT2D eigenvalue weighted by Crippen LogP contribution is -2.13. The maximum Gasteiger partial charge on any atom is 0.124 e. The number of benzene rings is 2. The van der Waals surface area contributed by atoms with Gasteiger partial charge in [-0.1, -0.05) is 31.9 Å². The third kappa shape index (κ3) is 3.35. The molecule has 0 radical (unpaired) electrons. The summed E-state index contributed by atoms with van der Waals surface area (Å²) in [4.78, 5) is 0. The first-order valence-electron chi connectivity index (χ1n) is 5.56. The van der Waals surface area contributed by atoms with E-state index in [9.17, 15) is 4.39 Å². The summed E-state index contributed by atoms with van der Waals surface area (Å²) in [6.45, 7) is 0. The summed E-state index contributed by atoms with van der Waals surface area (Å²) >= 11 is 6.83. The number of ether oxygens (including phenoxy) is 1. The maximum absolute atomic E-state index is 13.4. The molecular formula is C14H12Br2FNO. The first-order chi connectivity index (χ1) is 9.01. The van der Waals surface area contributed by atoms with Gasteiger partial charge in [0.05, 0.1) is 13.2 Å². The van der Waals surface area contributed by atoms with Gasteiger partial charge in [-0.05, 0) is 42.0 Å². The van der Waals surface area contributed by atoms with Crippen LogP contribution in [-0.4, -0.2) is 7.11 Å². The predicted molar refractivity (Wildman–Crippen MR) is 80.8 cm³/mol. The van der Waals surface area contributed by atoms with Crippen LogP contribution in [0.5, 0.6) is 5.75 Å². The summed E-state index contributed by atoms with van der Waals surface area (Å²) in [6, 6.07) is 9.60. The van der Waals surface area contributed by atoms with Crippen LogP contribution in [0, 0.1) is 5.82 Å². The quantitative estimate of drug-likeness (QED) is 0.845. The molecular weight excluding hydrogens is 377 g/mol. The molecule has 0 saturated heterocycles. The van der Waals surface area contributed by atoms with Gasteiger partial charge in [0.2, 0.25) is 0 Å². The van der Waals surface area contributed by atoms with Crippen molar-refractivity contribution in [2.24, 2.45) is 5.73 Å². The molecule has 2 rings (SSSR count). The molecule has 0 aliphatic carbocycles. The van der Waals surface area contributed by atoms with E-state index in [0.29, 0.717) is 11.3 Å². The summed E-state index contributed by atoms with van der Waals surface area (Å²) in [5, 5.41) is 0. The number of methoxy groups -OCH3 is 1. The number of hydrogen-bond donors (Lipinski definition) is 1. The molecule has 2 nitrogen and oxygen atoms in total. The Morgan fingerprint density at radius 1 is 1.11 bits per heavy atom. The molecule has 2 N–H and O–H groups in total. The van der Waals surface area contributed by atoms with Crippen molar-refractivity contribution in [3.8, 4) is 5.75 Å². The Bertz CT molecular complexity index is 584. The summed E-state index contributed by atoms with van der Waals surface area (Å²) in [7, 11) is 1.54. The second-order valence-corrected chi connectivity index (χ2v) is 5.90. The van der Waals surface area contributed by atoms with Crippen LogP contribution < -0.4 is 10.5 Å². The molecule has 5 heteroatoms. The molecule has 0 saturated carbocycles. The van der Waals surface area contributed by atoms with E-state index < -0.39 is 6.04 Å². The Morgan fingerprint density at radius 3 is 2.32 bits per heavy atom. The first kappa shape index (κ1) is 14.5. The molecule has 0 amide bonds. The Morgan fingerprint density at radius 2 is 1.74 bits per heavy atom. The summed E-state index contributed by atoms with van der Waals surface area (Å²) in [5.41, 5.74) is 7.69. The van der Waals surface area contributed by atoms with Crippen LogP contribution in [0.3, 0.4) is 0 Å². The van der Waals surface area contributed by atoms with Crippen LogP contribution in [-0.2, 0) is 0 Å². The van der Waals surface area contributed by atoms with E-state index in [0.717, 1.165) is 14.5 Å². The van der Waals surface area contributed by atoms with Gasteiger partial charge in [-0.25, -0.2) is 4.39 Å². The number of hydrogen-bond acceptors (Lipinski definition) is 2. The Labute approximate surface area is 128 Å². The van der Waals surface area contributed by atoms with Gasteiger partial charge in [-0.15, -0.1) is 0 Å². The van der Waals surface area contributed by atoms with Crippen LogP contribution in [0.25, 0.3) is 0 Å². The zero-order valence-corrected chi connectivity index (χ0v) is 13.3. The molecule has 0 aliphatic heterocycles. The van der Waals surface area contributed by atoms with E-state index in [1.807, 2.05) is 18.2 Å². The highest BCUT2D eigenvalue weighted by Crippen LogP contribution is 2.31. The second kappa shape index (κ2) is 6.03. The minimum Gasteiger partial charge on any atom is -0.496 e. The molecule has 0 bridgehead atoms. The van der Waals surface area contributed by atoms with Crippen molar-refractivity contribution in [2.45, 2.75) is 6.04 Å². The molecule has 100 valence electrons. The highest BCUT2D eigenvalue weighted by molar-refractivity contribution is 9.11. The van der Waals surface area contributed by atoms with Crippen molar-refractivity contribution in [1.82, 2.24) is 0 Å². The molecule has 2 aromatic carbocycles. The van der Waals surface area contributed by atoms with Gasteiger partial charge >= 0.3 is 0 Å². The molecule has 0 fully saturated rings. The summed E-state index contributed by atoms with van der Waals surface area (Å²) < 4.78 is 20.4. The van der Waals surface area contributed by atoms with Crippen molar-refractivity contribution in [2.75, 3.05) is 7.11 Å².